The van der Waals surface area contributed by atoms with Crippen LogP contribution in [0.25, 0.3) is 0 Å². The molecule has 4 nitrogen and oxygen atoms in total. The lowest BCUT2D eigenvalue weighted by Crippen LogP contribution is -2.39. The van der Waals surface area contributed by atoms with E-state index in [-0.39, 0.29) is 30.2 Å². The molecule has 2 aromatic carbocycles. The van der Waals surface area contributed by atoms with Crippen LogP contribution in [0.5, 0.6) is 0 Å². The number of rotatable bonds is 4. The first-order chi connectivity index (χ1) is 12.4. The van der Waals surface area contributed by atoms with Gasteiger partial charge in [-0.2, -0.15) is 0 Å². The van der Waals surface area contributed by atoms with E-state index in [1.807, 2.05) is 19.9 Å². The van der Waals surface area contributed by atoms with Crippen LogP contribution >= 0.6 is 11.8 Å². The van der Waals surface area contributed by atoms with Crippen LogP contribution in [0.3, 0.4) is 0 Å². The number of benzene rings is 2. The van der Waals surface area contributed by atoms with E-state index in [4.69, 9.17) is 0 Å². The molecule has 1 atom stereocenters. The van der Waals surface area contributed by atoms with Gasteiger partial charge in [0, 0.05) is 16.2 Å². The quantitative estimate of drug-likeness (QED) is 0.863. The summed E-state index contributed by atoms with van der Waals surface area (Å²) in [6.45, 7) is 3.81. The van der Waals surface area contributed by atoms with E-state index in [1.165, 1.54) is 12.1 Å². The summed E-state index contributed by atoms with van der Waals surface area (Å²) in [6, 6.07) is 9.85. The van der Waals surface area contributed by atoms with Crippen molar-refractivity contribution in [2.24, 2.45) is 0 Å². The molecule has 1 unspecified atom stereocenters. The van der Waals surface area contributed by atoms with Gasteiger partial charge in [0.25, 0.3) is 5.91 Å². The highest BCUT2D eigenvalue weighted by Gasteiger charge is 2.23. The molecule has 3 rings (SSSR count). The minimum absolute atomic E-state index is 0.111. The molecule has 0 bridgehead atoms. The molecular formula is C20H21FN2O2S. The Morgan fingerprint density at radius 2 is 1.96 bits per heavy atom. The molecule has 0 radical (unpaired) electrons. The smallest absolute Gasteiger partial charge is 0.251 e. The molecule has 0 aromatic heterocycles. The van der Waals surface area contributed by atoms with E-state index in [0.29, 0.717) is 5.56 Å². The highest BCUT2D eigenvalue weighted by molar-refractivity contribution is 7.99. The fraction of sp³-hybridized carbons (Fsp3) is 0.300. The van der Waals surface area contributed by atoms with Crippen molar-refractivity contribution >= 4 is 23.6 Å². The molecule has 1 aliphatic heterocycles. The van der Waals surface area contributed by atoms with Crippen molar-refractivity contribution < 1.29 is 14.0 Å². The van der Waals surface area contributed by atoms with Crippen LogP contribution in [0.1, 0.15) is 39.5 Å². The summed E-state index contributed by atoms with van der Waals surface area (Å²) in [6.07, 6.45) is 0.734. The van der Waals surface area contributed by atoms with Gasteiger partial charge in [-0.1, -0.05) is 6.07 Å². The standard InChI is InChI=1S/C20H21FN2O2S/c1-12-3-4-14(9-13(12)2)20(25)22-11-19(24)23-17-7-8-26-18-6-5-15(21)10-16(17)18/h3-6,9-10,17H,7-8,11H2,1-2H3,(H,22,25)(H,23,24). The number of hydrogen-bond donors (Lipinski definition) is 2. The summed E-state index contributed by atoms with van der Waals surface area (Å²) in [7, 11) is 0. The van der Waals surface area contributed by atoms with E-state index < -0.39 is 0 Å². The van der Waals surface area contributed by atoms with Crippen LogP contribution in [0.2, 0.25) is 0 Å². The molecule has 0 saturated heterocycles. The predicted octanol–water partition coefficient (Wildman–Crippen LogP) is 3.53. The second-order valence-corrected chi connectivity index (χ2v) is 7.56. The Hall–Kier alpha value is -2.34. The highest BCUT2D eigenvalue weighted by Crippen LogP contribution is 2.36. The van der Waals surface area contributed by atoms with Gasteiger partial charge >= 0.3 is 0 Å². The van der Waals surface area contributed by atoms with Crippen molar-refractivity contribution in [2.45, 2.75) is 31.2 Å². The normalized spacial score (nSPS) is 15.9. The van der Waals surface area contributed by atoms with Crippen molar-refractivity contribution in [1.29, 1.82) is 0 Å². The molecule has 6 heteroatoms. The summed E-state index contributed by atoms with van der Waals surface area (Å²) in [5, 5.41) is 5.54. The van der Waals surface area contributed by atoms with E-state index in [1.54, 1.807) is 30.0 Å². The molecule has 136 valence electrons. The maximum absolute atomic E-state index is 13.5. The number of nitrogens with one attached hydrogen (secondary N) is 2. The van der Waals surface area contributed by atoms with E-state index in [2.05, 4.69) is 10.6 Å². The van der Waals surface area contributed by atoms with E-state index in [0.717, 1.165) is 33.8 Å². The van der Waals surface area contributed by atoms with Gasteiger partial charge in [-0.05, 0) is 67.3 Å². The van der Waals surface area contributed by atoms with Crippen molar-refractivity contribution in [2.75, 3.05) is 12.3 Å². The molecule has 1 heterocycles. The second-order valence-electron chi connectivity index (χ2n) is 6.42. The average Bonchev–Trinajstić information content (AvgIpc) is 2.62. The maximum atomic E-state index is 13.5. The SMILES string of the molecule is Cc1ccc(C(=O)NCC(=O)NC2CCSc3ccc(F)cc32)cc1C. The molecular weight excluding hydrogens is 351 g/mol. The summed E-state index contributed by atoms with van der Waals surface area (Å²) in [5.41, 5.74) is 3.47. The Bertz CT molecular complexity index is 854. The van der Waals surface area contributed by atoms with Crippen LogP contribution in [-0.4, -0.2) is 24.1 Å². The van der Waals surface area contributed by atoms with Crippen molar-refractivity contribution in [3.63, 3.8) is 0 Å². The topological polar surface area (TPSA) is 58.2 Å². The highest BCUT2D eigenvalue weighted by atomic mass is 32.2. The number of hydrogen-bond acceptors (Lipinski definition) is 3. The zero-order valence-corrected chi connectivity index (χ0v) is 15.6. The summed E-state index contributed by atoms with van der Waals surface area (Å²) in [5.74, 6) is -0.0183. The fourth-order valence-electron chi connectivity index (χ4n) is 2.91. The lowest BCUT2D eigenvalue weighted by Gasteiger charge is -2.26. The van der Waals surface area contributed by atoms with Crippen LogP contribution in [-0.2, 0) is 4.79 Å². The monoisotopic (exact) mass is 372 g/mol. The number of carbonyl (C=O) groups is 2. The Morgan fingerprint density at radius 1 is 1.15 bits per heavy atom. The molecule has 2 N–H and O–H groups in total. The average molecular weight is 372 g/mol. The van der Waals surface area contributed by atoms with Crippen LogP contribution < -0.4 is 10.6 Å². The number of thioether (sulfide) groups is 1. The van der Waals surface area contributed by atoms with Gasteiger partial charge in [-0.25, -0.2) is 4.39 Å². The summed E-state index contributed by atoms with van der Waals surface area (Å²) in [4.78, 5) is 25.4. The lowest BCUT2D eigenvalue weighted by atomic mass is 10.0. The molecule has 2 amide bonds. The third kappa shape index (κ3) is 4.25. The van der Waals surface area contributed by atoms with Crippen LogP contribution in [0, 0.1) is 19.7 Å². The Morgan fingerprint density at radius 3 is 2.73 bits per heavy atom. The van der Waals surface area contributed by atoms with Crippen molar-refractivity contribution in [3.8, 4) is 0 Å². The third-order valence-corrected chi connectivity index (χ3v) is 5.65. The number of halogens is 1. The molecule has 0 spiro atoms. The molecule has 0 aliphatic carbocycles. The first-order valence-corrected chi connectivity index (χ1v) is 9.49. The summed E-state index contributed by atoms with van der Waals surface area (Å²) >= 11 is 1.66. The predicted molar refractivity (Wildman–Crippen MR) is 101 cm³/mol. The lowest BCUT2D eigenvalue weighted by molar-refractivity contribution is -0.120. The Kier molecular flexibility index (Phi) is 5.61. The number of aryl methyl sites for hydroxylation is 2. The molecule has 0 fully saturated rings. The van der Waals surface area contributed by atoms with Crippen LogP contribution in [0.4, 0.5) is 4.39 Å². The van der Waals surface area contributed by atoms with Gasteiger partial charge in [0.15, 0.2) is 0 Å². The van der Waals surface area contributed by atoms with Gasteiger partial charge < -0.3 is 10.6 Å². The minimum atomic E-state index is -0.312. The van der Waals surface area contributed by atoms with Gasteiger partial charge in [-0.3, -0.25) is 9.59 Å². The molecule has 26 heavy (non-hydrogen) atoms. The van der Waals surface area contributed by atoms with Crippen molar-refractivity contribution in [3.05, 3.63) is 64.5 Å². The van der Waals surface area contributed by atoms with Gasteiger partial charge in [-0.15, -0.1) is 11.8 Å². The van der Waals surface area contributed by atoms with E-state index in [9.17, 15) is 14.0 Å². The number of fused-ring (bicyclic) bond motifs is 1. The summed E-state index contributed by atoms with van der Waals surface area (Å²) < 4.78 is 13.5. The number of carbonyl (C=O) groups excluding carboxylic acids is 2. The van der Waals surface area contributed by atoms with Gasteiger partial charge in [0.2, 0.25) is 5.91 Å². The third-order valence-electron chi connectivity index (χ3n) is 4.53. The van der Waals surface area contributed by atoms with E-state index >= 15 is 0 Å². The Labute approximate surface area is 156 Å². The van der Waals surface area contributed by atoms with Gasteiger partial charge in [0.1, 0.15) is 5.82 Å². The van der Waals surface area contributed by atoms with Crippen molar-refractivity contribution in [1.82, 2.24) is 10.6 Å². The largest absolute Gasteiger partial charge is 0.348 e. The van der Waals surface area contributed by atoms with Gasteiger partial charge in [0.05, 0.1) is 12.6 Å². The zero-order chi connectivity index (χ0) is 18.7. The maximum Gasteiger partial charge on any atom is 0.251 e. The number of amides is 2. The first kappa shape index (κ1) is 18.5. The van der Waals surface area contributed by atoms with Crippen LogP contribution in [0.15, 0.2) is 41.3 Å². The molecule has 1 aliphatic rings. The second kappa shape index (κ2) is 7.91. The molecule has 2 aromatic rings. The molecule has 0 saturated carbocycles. The minimum Gasteiger partial charge on any atom is -0.348 e. The Balaban J connectivity index is 1.59. The fourth-order valence-corrected chi connectivity index (χ4v) is 4.01. The first-order valence-electron chi connectivity index (χ1n) is 8.51. The zero-order valence-electron chi connectivity index (χ0n) is 14.8.